The van der Waals surface area contributed by atoms with Crippen LogP contribution >= 0.6 is 0 Å². The Hall–Kier alpha value is -5.13. The second-order valence-electron chi connectivity index (χ2n) is 17.6. The minimum absolute atomic E-state index is 0.186. The van der Waals surface area contributed by atoms with Gasteiger partial charge >= 0.3 is 6.09 Å². The molecule has 324 valence electrons. The smallest absolute Gasteiger partial charge is 0.407 e. The topological polar surface area (TPSA) is 202 Å². The monoisotopic (exact) mass is 854 g/mol. The van der Waals surface area contributed by atoms with Crippen molar-refractivity contribution >= 4 is 45.5 Å². The predicted molar refractivity (Wildman–Crippen MR) is 215 cm³/mol. The van der Waals surface area contributed by atoms with Crippen LogP contribution in [0.1, 0.15) is 89.7 Å². The number of hydrogen-bond acceptors (Lipinski definition) is 10. The molecule has 18 heteroatoms. The van der Waals surface area contributed by atoms with E-state index in [-0.39, 0.29) is 18.9 Å². The van der Waals surface area contributed by atoms with Crippen LogP contribution < -0.4 is 20.7 Å². The van der Waals surface area contributed by atoms with E-state index in [2.05, 4.69) is 21.1 Å². The van der Waals surface area contributed by atoms with E-state index in [0.29, 0.717) is 31.4 Å². The quantitative estimate of drug-likeness (QED) is 0.184. The number of sulfonamides is 1. The van der Waals surface area contributed by atoms with Gasteiger partial charge in [0.1, 0.15) is 35.5 Å². The molecule has 0 spiro atoms. The molecule has 7 rings (SSSR count). The van der Waals surface area contributed by atoms with Gasteiger partial charge in [-0.15, -0.1) is 0 Å². The van der Waals surface area contributed by atoms with Crippen molar-refractivity contribution in [3.05, 3.63) is 59.7 Å². The van der Waals surface area contributed by atoms with Crippen LogP contribution in [0.4, 0.5) is 13.6 Å². The second kappa shape index (κ2) is 16.7. The maximum atomic E-state index is 14.9. The van der Waals surface area contributed by atoms with Gasteiger partial charge in [-0.05, 0) is 54.6 Å². The van der Waals surface area contributed by atoms with E-state index in [1.165, 1.54) is 12.0 Å². The Morgan fingerprint density at radius 1 is 0.883 bits per heavy atom. The van der Waals surface area contributed by atoms with Gasteiger partial charge in [-0.2, -0.15) is 0 Å². The standard InChI is InChI=1S/C42H52F2N6O9S/c1-41(2,3)34(46-37(52)32(45-40(55)58-4)23-12-6-5-7-13-23)38(53)50-22-24(59-48-33-28-16-10-8-14-26(28)27-15-9-11-17-29(27)33)20-31(50)36(51)47-42(21-30(42)35(43)44)39(54)49-60(56,57)25-18-19-25/h8-11,14-17,23-25,30-32,34-35H,5-7,12-13,18-22H2,1-4H3,(H,45,55)(H,46,52)(H,47,51)(H,49,54)/t24-,30+,31+,32+,34-,42+/m1/s1. The summed E-state index contributed by atoms with van der Waals surface area (Å²) < 4.78 is 60.6. The molecule has 4 aliphatic carbocycles. The molecule has 0 radical (unpaired) electrons. The number of carbonyl (C=O) groups excluding carboxylic acids is 5. The Balaban J connectivity index is 1.18. The summed E-state index contributed by atoms with van der Waals surface area (Å²) in [5.41, 5.74) is 0.817. The van der Waals surface area contributed by atoms with E-state index >= 15 is 0 Å². The van der Waals surface area contributed by atoms with Crippen LogP contribution in [0.3, 0.4) is 0 Å². The first-order chi connectivity index (χ1) is 28.4. The van der Waals surface area contributed by atoms with Gasteiger partial charge in [0.15, 0.2) is 0 Å². The fourth-order valence-electron chi connectivity index (χ4n) is 8.72. The Morgan fingerprint density at radius 2 is 1.48 bits per heavy atom. The molecule has 1 heterocycles. The Kier molecular flexibility index (Phi) is 12.0. The maximum Gasteiger partial charge on any atom is 0.407 e. The van der Waals surface area contributed by atoms with Gasteiger partial charge in [0.2, 0.25) is 34.2 Å². The Morgan fingerprint density at radius 3 is 2.02 bits per heavy atom. The van der Waals surface area contributed by atoms with E-state index in [0.717, 1.165) is 41.5 Å². The zero-order valence-corrected chi connectivity index (χ0v) is 34.9. The van der Waals surface area contributed by atoms with E-state index in [1.807, 2.05) is 53.3 Å². The third-order valence-electron chi connectivity index (χ3n) is 12.3. The number of halogens is 2. The van der Waals surface area contributed by atoms with Crippen LogP contribution in [0.25, 0.3) is 11.1 Å². The van der Waals surface area contributed by atoms with Crippen molar-refractivity contribution < 1.29 is 50.7 Å². The molecule has 60 heavy (non-hydrogen) atoms. The molecular formula is C42H52F2N6O9S. The molecule has 4 fully saturated rings. The Bertz CT molecular complexity index is 2120. The van der Waals surface area contributed by atoms with Gasteiger partial charge in [-0.25, -0.2) is 22.0 Å². The average molecular weight is 855 g/mol. The van der Waals surface area contributed by atoms with Crippen molar-refractivity contribution in [3.8, 4) is 11.1 Å². The van der Waals surface area contributed by atoms with Gasteiger partial charge in [0.25, 0.3) is 5.91 Å². The normalized spacial score (nSPS) is 24.7. The molecule has 1 aliphatic heterocycles. The molecule has 2 aromatic carbocycles. The summed E-state index contributed by atoms with van der Waals surface area (Å²) >= 11 is 0. The highest BCUT2D eigenvalue weighted by molar-refractivity contribution is 7.91. The molecule has 4 N–H and O–H groups in total. The SMILES string of the molecule is COC(=O)N[C@H](C(=O)N[C@H](C(=O)N1C[C@H](ON=C2c3ccccc3-c3ccccc32)C[C@H]1C(=O)N[C@@]1(C(=O)NS(=O)(=O)C2CC2)C[C@H]1C(F)F)C(C)(C)C)C1CCCCC1. The predicted octanol–water partition coefficient (Wildman–Crippen LogP) is 3.99. The molecule has 6 atom stereocenters. The molecular weight excluding hydrogens is 803 g/mol. The van der Waals surface area contributed by atoms with Crippen molar-refractivity contribution in [1.82, 2.24) is 25.6 Å². The number of hydrogen-bond donors (Lipinski definition) is 4. The van der Waals surface area contributed by atoms with Crippen LogP contribution in [-0.4, -0.2) is 104 Å². The first kappa shape index (κ1) is 43.0. The molecule has 0 unspecified atom stereocenters. The molecule has 5 amide bonds. The zero-order chi connectivity index (χ0) is 43.1. The van der Waals surface area contributed by atoms with E-state index in [9.17, 15) is 41.2 Å². The lowest BCUT2D eigenvalue weighted by molar-refractivity contribution is -0.145. The summed E-state index contributed by atoms with van der Waals surface area (Å²) in [7, 11) is -2.97. The van der Waals surface area contributed by atoms with Gasteiger partial charge in [-0.1, -0.05) is 93.7 Å². The van der Waals surface area contributed by atoms with Crippen molar-refractivity contribution in [2.24, 2.45) is 22.4 Å². The number of benzene rings is 2. The van der Waals surface area contributed by atoms with Crippen molar-refractivity contribution in [2.45, 2.75) is 120 Å². The van der Waals surface area contributed by atoms with Crippen LogP contribution in [0.2, 0.25) is 0 Å². The second-order valence-corrected chi connectivity index (χ2v) is 19.6. The summed E-state index contributed by atoms with van der Waals surface area (Å²) in [5.74, 6) is -5.48. The van der Waals surface area contributed by atoms with Crippen LogP contribution in [0, 0.1) is 17.3 Å². The number of rotatable bonds is 13. The van der Waals surface area contributed by atoms with Crippen molar-refractivity contribution in [3.63, 3.8) is 0 Å². The molecule has 1 saturated heterocycles. The number of alkyl carbamates (subject to hydrolysis) is 1. The number of likely N-dealkylation sites (tertiary alicyclic amines) is 1. The van der Waals surface area contributed by atoms with E-state index in [1.54, 1.807) is 20.8 Å². The lowest BCUT2D eigenvalue weighted by atomic mass is 9.82. The third kappa shape index (κ3) is 8.70. The van der Waals surface area contributed by atoms with Gasteiger partial charge < -0.3 is 30.4 Å². The van der Waals surface area contributed by atoms with Gasteiger partial charge in [0.05, 0.1) is 24.8 Å². The van der Waals surface area contributed by atoms with Crippen LogP contribution in [-0.2, 0) is 38.8 Å². The number of fused-ring (bicyclic) bond motifs is 3. The minimum Gasteiger partial charge on any atom is -0.453 e. The fourth-order valence-corrected chi connectivity index (χ4v) is 10.1. The zero-order valence-electron chi connectivity index (χ0n) is 34.0. The molecule has 0 aromatic heterocycles. The van der Waals surface area contributed by atoms with Gasteiger partial charge in [-0.3, -0.25) is 23.9 Å². The van der Waals surface area contributed by atoms with Crippen LogP contribution in [0.5, 0.6) is 0 Å². The molecule has 5 aliphatic rings. The van der Waals surface area contributed by atoms with Gasteiger partial charge in [0, 0.05) is 17.5 Å². The number of alkyl halides is 2. The number of ether oxygens (including phenoxy) is 1. The van der Waals surface area contributed by atoms with E-state index < -0.39 is 98.9 Å². The highest BCUT2D eigenvalue weighted by Gasteiger charge is 2.67. The first-order valence-corrected chi connectivity index (χ1v) is 22.0. The number of nitrogens with zero attached hydrogens (tertiary/aromatic N) is 2. The number of carbonyl (C=O) groups is 5. The number of nitrogens with one attached hydrogen (secondary N) is 4. The number of amides is 5. The number of methoxy groups -OCH3 is 1. The Labute approximate surface area is 347 Å². The summed E-state index contributed by atoms with van der Waals surface area (Å²) in [4.78, 5) is 76.5. The third-order valence-corrected chi connectivity index (χ3v) is 14.1. The number of oxime groups is 1. The summed E-state index contributed by atoms with van der Waals surface area (Å²) in [6, 6.07) is 11.5. The summed E-state index contributed by atoms with van der Waals surface area (Å²) in [6.45, 7) is 4.93. The highest BCUT2D eigenvalue weighted by atomic mass is 32.2. The highest BCUT2D eigenvalue weighted by Crippen LogP contribution is 2.48. The maximum absolute atomic E-state index is 14.9. The lowest BCUT2D eigenvalue weighted by Crippen LogP contribution is -2.62. The largest absolute Gasteiger partial charge is 0.453 e. The lowest BCUT2D eigenvalue weighted by Gasteiger charge is -2.37. The van der Waals surface area contributed by atoms with Crippen LogP contribution in [0.15, 0.2) is 53.7 Å². The molecule has 15 nitrogen and oxygen atoms in total. The fraction of sp³-hybridized carbons (Fsp3) is 0.571. The molecule has 0 bridgehead atoms. The first-order valence-electron chi connectivity index (χ1n) is 20.5. The van der Waals surface area contributed by atoms with E-state index in [4.69, 9.17) is 9.57 Å². The van der Waals surface area contributed by atoms with Crippen molar-refractivity contribution in [1.29, 1.82) is 0 Å². The average Bonchev–Trinajstić information content (AvgIpc) is 4.14. The minimum atomic E-state index is -4.16. The van der Waals surface area contributed by atoms with Crippen molar-refractivity contribution in [2.75, 3.05) is 13.7 Å². The summed E-state index contributed by atoms with van der Waals surface area (Å²) in [5, 5.41) is 11.6. The molecule has 2 aromatic rings. The molecule has 3 saturated carbocycles. The summed E-state index contributed by atoms with van der Waals surface area (Å²) in [6.07, 6.45) is -0.867.